The summed E-state index contributed by atoms with van der Waals surface area (Å²) < 4.78 is 0. The molecule has 0 saturated carbocycles. The van der Waals surface area contributed by atoms with Gasteiger partial charge in [0.05, 0.1) is 0 Å². The Morgan fingerprint density at radius 1 is 1.45 bits per heavy atom. The predicted molar refractivity (Wildman–Crippen MR) is 81.8 cm³/mol. The number of hydrogen-bond donors (Lipinski definition) is 2. The van der Waals surface area contributed by atoms with E-state index in [-0.39, 0.29) is 5.84 Å². The Morgan fingerprint density at radius 2 is 2.20 bits per heavy atom. The summed E-state index contributed by atoms with van der Waals surface area (Å²) in [6, 6.07) is 7.92. The zero-order chi connectivity index (χ0) is 14.8. The molecule has 0 radical (unpaired) electrons. The molecule has 1 heterocycles. The third-order valence-corrected chi connectivity index (χ3v) is 4.23. The Balaban J connectivity index is 2.01. The van der Waals surface area contributed by atoms with Crippen molar-refractivity contribution >= 4 is 5.84 Å². The maximum Gasteiger partial charge on any atom is 0.170 e. The van der Waals surface area contributed by atoms with Crippen LogP contribution >= 0.6 is 0 Å². The lowest BCUT2D eigenvalue weighted by Crippen LogP contribution is -2.25. The first-order valence-electron chi connectivity index (χ1n) is 7.19. The molecule has 4 heteroatoms. The average Bonchev–Trinajstić information content (AvgIpc) is 2.86. The second-order valence-corrected chi connectivity index (χ2v) is 6.77. The average molecular weight is 275 g/mol. The van der Waals surface area contributed by atoms with E-state index in [1.807, 2.05) is 18.2 Å². The molecule has 0 spiro atoms. The summed E-state index contributed by atoms with van der Waals surface area (Å²) in [5.41, 5.74) is 8.00. The summed E-state index contributed by atoms with van der Waals surface area (Å²) in [5.74, 6) is 0.926. The van der Waals surface area contributed by atoms with E-state index in [4.69, 9.17) is 10.9 Å². The van der Waals surface area contributed by atoms with Crippen molar-refractivity contribution in [3.05, 3.63) is 35.4 Å². The second kappa shape index (κ2) is 5.83. The van der Waals surface area contributed by atoms with Gasteiger partial charge in [0.2, 0.25) is 0 Å². The van der Waals surface area contributed by atoms with Gasteiger partial charge in [-0.3, -0.25) is 4.90 Å². The summed E-state index contributed by atoms with van der Waals surface area (Å²) in [7, 11) is 0. The molecule has 0 aromatic heterocycles. The lowest BCUT2D eigenvalue weighted by atomic mass is 9.80. The van der Waals surface area contributed by atoms with Crippen molar-refractivity contribution in [2.45, 2.75) is 33.7 Å². The van der Waals surface area contributed by atoms with Crippen molar-refractivity contribution in [1.82, 2.24) is 4.90 Å². The van der Waals surface area contributed by atoms with E-state index in [1.165, 1.54) is 12.0 Å². The first-order valence-corrected chi connectivity index (χ1v) is 7.19. The maximum absolute atomic E-state index is 8.74. The van der Waals surface area contributed by atoms with Crippen LogP contribution in [0.2, 0.25) is 0 Å². The fraction of sp³-hybridized carbons (Fsp3) is 0.562. The van der Waals surface area contributed by atoms with Crippen molar-refractivity contribution in [2.24, 2.45) is 22.2 Å². The summed E-state index contributed by atoms with van der Waals surface area (Å²) in [6.07, 6.45) is 1.27. The number of nitrogens with two attached hydrogens (primary N) is 1. The molecule has 1 aromatic carbocycles. The molecule has 0 amide bonds. The topological polar surface area (TPSA) is 61.8 Å². The van der Waals surface area contributed by atoms with Crippen molar-refractivity contribution in [3.63, 3.8) is 0 Å². The highest BCUT2D eigenvalue weighted by Crippen LogP contribution is 2.34. The third kappa shape index (κ3) is 3.51. The van der Waals surface area contributed by atoms with Crippen LogP contribution in [-0.2, 0) is 6.54 Å². The molecule has 4 nitrogen and oxygen atoms in total. The molecule has 3 N–H and O–H groups in total. The molecule has 1 aliphatic rings. The minimum atomic E-state index is 0.167. The van der Waals surface area contributed by atoms with E-state index in [1.54, 1.807) is 0 Å². The van der Waals surface area contributed by atoms with E-state index >= 15 is 0 Å². The first-order chi connectivity index (χ1) is 9.40. The minimum Gasteiger partial charge on any atom is -0.409 e. The Morgan fingerprint density at radius 3 is 2.80 bits per heavy atom. The predicted octanol–water partition coefficient (Wildman–Crippen LogP) is 2.65. The largest absolute Gasteiger partial charge is 0.409 e. The normalized spacial score (nSPS) is 21.4. The van der Waals surface area contributed by atoms with Crippen LogP contribution in [0.15, 0.2) is 29.4 Å². The highest BCUT2D eigenvalue weighted by Gasteiger charge is 2.31. The minimum absolute atomic E-state index is 0.167. The second-order valence-electron chi connectivity index (χ2n) is 6.77. The quantitative estimate of drug-likeness (QED) is 0.386. The SMILES string of the molecule is CC(C)(C)C1CCN(Cc2cccc(/C(N)=N/O)c2)C1. The van der Waals surface area contributed by atoms with Crippen molar-refractivity contribution in [3.8, 4) is 0 Å². The van der Waals surface area contributed by atoms with Crippen LogP contribution in [0.5, 0.6) is 0 Å². The number of benzene rings is 1. The summed E-state index contributed by atoms with van der Waals surface area (Å²) in [5, 5.41) is 11.8. The molecule has 1 fully saturated rings. The van der Waals surface area contributed by atoms with E-state index in [2.05, 4.69) is 36.9 Å². The smallest absolute Gasteiger partial charge is 0.170 e. The van der Waals surface area contributed by atoms with Gasteiger partial charge in [-0.05, 0) is 35.9 Å². The van der Waals surface area contributed by atoms with Crippen LogP contribution in [0.1, 0.15) is 38.3 Å². The van der Waals surface area contributed by atoms with Crippen LogP contribution < -0.4 is 5.73 Å². The molecular formula is C16H25N3O. The van der Waals surface area contributed by atoms with Gasteiger partial charge in [-0.25, -0.2) is 0 Å². The molecule has 1 atom stereocenters. The van der Waals surface area contributed by atoms with Gasteiger partial charge < -0.3 is 10.9 Å². The van der Waals surface area contributed by atoms with Gasteiger partial charge in [-0.1, -0.05) is 44.1 Å². The number of amidine groups is 1. The van der Waals surface area contributed by atoms with Gasteiger partial charge in [0.25, 0.3) is 0 Å². The molecule has 20 heavy (non-hydrogen) atoms. The van der Waals surface area contributed by atoms with Gasteiger partial charge in [-0.15, -0.1) is 0 Å². The number of oxime groups is 1. The Hall–Kier alpha value is -1.55. The van der Waals surface area contributed by atoms with Gasteiger partial charge >= 0.3 is 0 Å². The van der Waals surface area contributed by atoms with E-state index < -0.39 is 0 Å². The van der Waals surface area contributed by atoms with Gasteiger partial charge in [0.15, 0.2) is 5.84 Å². The Kier molecular flexibility index (Phi) is 4.33. The number of likely N-dealkylation sites (tertiary alicyclic amines) is 1. The highest BCUT2D eigenvalue weighted by atomic mass is 16.4. The highest BCUT2D eigenvalue weighted by molar-refractivity contribution is 5.97. The summed E-state index contributed by atoms with van der Waals surface area (Å²) >= 11 is 0. The lowest BCUT2D eigenvalue weighted by molar-refractivity contribution is 0.226. The van der Waals surface area contributed by atoms with Gasteiger partial charge in [0, 0.05) is 18.7 Å². The molecule has 1 unspecified atom stereocenters. The zero-order valence-electron chi connectivity index (χ0n) is 12.6. The van der Waals surface area contributed by atoms with Crippen molar-refractivity contribution in [1.29, 1.82) is 0 Å². The molecule has 110 valence electrons. The number of hydrogen-bond acceptors (Lipinski definition) is 3. The van der Waals surface area contributed by atoms with Crippen LogP contribution in [0.25, 0.3) is 0 Å². The fourth-order valence-corrected chi connectivity index (χ4v) is 2.83. The molecular weight excluding hydrogens is 250 g/mol. The summed E-state index contributed by atoms with van der Waals surface area (Å²) in [4.78, 5) is 2.49. The van der Waals surface area contributed by atoms with Crippen molar-refractivity contribution in [2.75, 3.05) is 13.1 Å². The molecule has 1 saturated heterocycles. The first kappa shape index (κ1) is 14.9. The molecule has 0 aliphatic carbocycles. The fourth-order valence-electron chi connectivity index (χ4n) is 2.83. The Bertz CT molecular complexity index is 491. The number of nitrogens with zero attached hydrogens (tertiary/aromatic N) is 2. The van der Waals surface area contributed by atoms with E-state index in [0.29, 0.717) is 5.41 Å². The van der Waals surface area contributed by atoms with Crippen LogP contribution in [0.3, 0.4) is 0 Å². The lowest BCUT2D eigenvalue weighted by Gasteiger charge is -2.27. The standard InChI is InChI=1S/C16H25N3O/c1-16(2,3)14-7-8-19(11-14)10-12-5-4-6-13(9-12)15(17)18-20/h4-6,9,14,20H,7-8,10-11H2,1-3H3,(H2,17,18). The van der Waals surface area contributed by atoms with Crippen LogP contribution in [-0.4, -0.2) is 29.0 Å². The molecule has 0 bridgehead atoms. The van der Waals surface area contributed by atoms with Crippen LogP contribution in [0.4, 0.5) is 0 Å². The van der Waals surface area contributed by atoms with Gasteiger partial charge in [0.1, 0.15) is 0 Å². The Labute approximate surface area is 121 Å². The van der Waals surface area contributed by atoms with Crippen LogP contribution in [0, 0.1) is 11.3 Å². The van der Waals surface area contributed by atoms with Gasteiger partial charge in [-0.2, -0.15) is 0 Å². The monoisotopic (exact) mass is 275 g/mol. The zero-order valence-corrected chi connectivity index (χ0v) is 12.6. The van der Waals surface area contributed by atoms with Crippen molar-refractivity contribution < 1.29 is 5.21 Å². The third-order valence-electron chi connectivity index (χ3n) is 4.23. The molecule has 1 aromatic rings. The number of rotatable bonds is 3. The molecule has 1 aliphatic heterocycles. The summed E-state index contributed by atoms with van der Waals surface area (Å²) in [6.45, 7) is 10.2. The van der Waals surface area contributed by atoms with E-state index in [9.17, 15) is 0 Å². The maximum atomic E-state index is 8.74. The molecule has 2 rings (SSSR count). The van der Waals surface area contributed by atoms with E-state index in [0.717, 1.165) is 31.1 Å².